The van der Waals surface area contributed by atoms with Crippen LogP contribution < -0.4 is 10.6 Å². The summed E-state index contributed by atoms with van der Waals surface area (Å²) in [6, 6.07) is 9.37. The fourth-order valence-corrected chi connectivity index (χ4v) is 4.48. The van der Waals surface area contributed by atoms with Crippen molar-refractivity contribution in [1.29, 1.82) is 0 Å². The molecule has 1 aromatic rings. The van der Waals surface area contributed by atoms with E-state index in [1.54, 1.807) is 0 Å². The molecule has 0 aromatic heterocycles. The third-order valence-electron chi connectivity index (χ3n) is 5.89. The van der Waals surface area contributed by atoms with Crippen molar-refractivity contribution >= 4 is 42.3 Å². The standard InChI is InChI=1S/C20H29ClN4O.2ClH/c21-16-3-1-2-15(12-16)19-13-22-8-11-25(19)14-20(26)23-17-6-9-24(10-7-17)18-4-5-18;;/h1-3,12,17-19,22H,4-11,13-14H2,(H,23,26);2*1H. The van der Waals surface area contributed by atoms with Crippen molar-refractivity contribution in [2.45, 2.75) is 43.8 Å². The molecule has 2 saturated heterocycles. The van der Waals surface area contributed by atoms with Gasteiger partial charge >= 0.3 is 0 Å². The maximum Gasteiger partial charge on any atom is 0.234 e. The van der Waals surface area contributed by atoms with Crippen molar-refractivity contribution in [2.24, 2.45) is 0 Å². The Labute approximate surface area is 185 Å². The maximum atomic E-state index is 12.6. The van der Waals surface area contributed by atoms with Gasteiger partial charge in [-0.1, -0.05) is 23.7 Å². The van der Waals surface area contributed by atoms with Crippen LogP contribution in [-0.2, 0) is 4.79 Å². The monoisotopic (exact) mass is 448 g/mol. The van der Waals surface area contributed by atoms with E-state index in [1.165, 1.54) is 18.4 Å². The third kappa shape index (κ3) is 6.22. The zero-order chi connectivity index (χ0) is 17.9. The van der Waals surface area contributed by atoms with Crippen molar-refractivity contribution in [1.82, 2.24) is 20.4 Å². The van der Waals surface area contributed by atoms with Crippen molar-refractivity contribution in [3.05, 3.63) is 34.9 Å². The van der Waals surface area contributed by atoms with Crippen LogP contribution in [0.25, 0.3) is 0 Å². The molecule has 0 bridgehead atoms. The number of amides is 1. The Balaban J connectivity index is 0.00000140. The molecule has 4 rings (SSSR count). The molecular weight excluding hydrogens is 419 g/mol. The molecule has 158 valence electrons. The first-order valence-corrected chi connectivity index (χ1v) is 10.3. The molecule has 28 heavy (non-hydrogen) atoms. The van der Waals surface area contributed by atoms with Gasteiger partial charge in [0, 0.05) is 55.9 Å². The summed E-state index contributed by atoms with van der Waals surface area (Å²) in [5, 5.41) is 7.46. The van der Waals surface area contributed by atoms with Gasteiger partial charge in [-0.15, -0.1) is 24.8 Å². The molecule has 3 aliphatic rings. The molecule has 1 unspecified atom stereocenters. The zero-order valence-corrected chi connectivity index (χ0v) is 18.5. The summed E-state index contributed by atoms with van der Waals surface area (Å²) in [4.78, 5) is 17.5. The third-order valence-corrected chi connectivity index (χ3v) is 6.13. The molecule has 3 fully saturated rings. The minimum Gasteiger partial charge on any atom is -0.352 e. The second-order valence-corrected chi connectivity index (χ2v) is 8.29. The number of likely N-dealkylation sites (tertiary alicyclic amines) is 1. The second kappa shape index (κ2) is 11.0. The molecule has 1 aromatic carbocycles. The predicted octanol–water partition coefficient (Wildman–Crippen LogP) is 2.87. The van der Waals surface area contributed by atoms with Crippen LogP contribution >= 0.6 is 36.4 Å². The van der Waals surface area contributed by atoms with Gasteiger partial charge in [-0.25, -0.2) is 0 Å². The van der Waals surface area contributed by atoms with E-state index in [0.29, 0.717) is 12.6 Å². The first-order valence-electron chi connectivity index (χ1n) is 9.93. The summed E-state index contributed by atoms with van der Waals surface area (Å²) >= 11 is 6.16. The van der Waals surface area contributed by atoms with Gasteiger partial charge in [0.1, 0.15) is 0 Å². The van der Waals surface area contributed by atoms with Crippen LogP contribution in [-0.4, -0.2) is 67.1 Å². The van der Waals surface area contributed by atoms with Crippen molar-refractivity contribution in [3.63, 3.8) is 0 Å². The Morgan fingerprint density at radius 3 is 2.57 bits per heavy atom. The Kier molecular flexibility index (Phi) is 9.32. The molecular formula is C20H31Cl3N4O. The van der Waals surface area contributed by atoms with Crippen LogP contribution in [0.3, 0.4) is 0 Å². The van der Waals surface area contributed by atoms with Gasteiger partial charge in [-0.05, 0) is 43.4 Å². The first kappa shape index (κ1) is 23.7. The molecule has 1 aliphatic carbocycles. The van der Waals surface area contributed by atoms with E-state index >= 15 is 0 Å². The van der Waals surface area contributed by atoms with Gasteiger partial charge in [0.05, 0.1) is 6.54 Å². The largest absolute Gasteiger partial charge is 0.352 e. The van der Waals surface area contributed by atoms with Gasteiger partial charge < -0.3 is 15.5 Å². The number of rotatable bonds is 5. The highest BCUT2D eigenvalue weighted by molar-refractivity contribution is 6.30. The molecule has 8 heteroatoms. The summed E-state index contributed by atoms with van der Waals surface area (Å²) in [6.07, 6.45) is 4.90. The Morgan fingerprint density at radius 1 is 1.14 bits per heavy atom. The number of piperazine rings is 1. The fourth-order valence-electron chi connectivity index (χ4n) is 4.28. The van der Waals surface area contributed by atoms with Crippen LogP contribution in [0.5, 0.6) is 0 Å². The Morgan fingerprint density at radius 2 is 1.89 bits per heavy atom. The maximum absolute atomic E-state index is 12.6. The number of benzene rings is 1. The first-order chi connectivity index (χ1) is 12.7. The van der Waals surface area contributed by atoms with E-state index in [-0.39, 0.29) is 36.8 Å². The highest BCUT2D eigenvalue weighted by Crippen LogP contribution is 2.29. The molecule has 5 nitrogen and oxygen atoms in total. The van der Waals surface area contributed by atoms with E-state index < -0.39 is 0 Å². The predicted molar refractivity (Wildman–Crippen MR) is 119 cm³/mol. The summed E-state index contributed by atoms with van der Waals surface area (Å²) < 4.78 is 0. The van der Waals surface area contributed by atoms with Gasteiger partial charge in [0.15, 0.2) is 0 Å². The fraction of sp³-hybridized carbons (Fsp3) is 0.650. The normalized spacial score (nSPS) is 24.1. The SMILES string of the molecule is Cl.Cl.O=C(CN1CCNCC1c1cccc(Cl)c1)NC1CCN(C2CC2)CC1. The van der Waals surface area contributed by atoms with Gasteiger partial charge in [0.25, 0.3) is 0 Å². The van der Waals surface area contributed by atoms with E-state index in [0.717, 1.165) is 56.6 Å². The highest BCUT2D eigenvalue weighted by Gasteiger charge is 2.32. The minimum atomic E-state index is 0. The molecule has 2 heterocycles. The average molecular weight is 450 g/mol. The lowest BCUT2D eigenvalue weighted by molar-refractivity contribution is -0.124. The van der Waals surface area contributed by atoms with Gasteiger partial charge in [-0.2, -0.15) is 0 Å². The molecule has 1 amide bonds. The minimum absolute atomic E-state index is 0. The number of hydrogen-bond acceptors (Lipinski definition) is 4. The topological polar surface area (TPSA) is 47.6 Å². The summed E-state index contributed by atoms with van der Waals surface area (Å²) in [5.74, 6) is 0.156. The van der Waals surface area contributed by atoms with Crippen LogP contribution in [0.1, 0.15) is 37.3 Å². The van der Waals surface area contributed by atoms with Crippen molar-refractivity contribution in [2.75, 3.05) is 39.3 Å². The van der Waals surface area contributed by atoms with E-state index in [1.807, 2.05) is 18.2 Å². The van der Waals surface area contributed by atoms with Gasteiger partial charge in [-0.3, -0.25) is 9.69 Å². The van der Waals surface area contributed by atoms with E-state index in [9.17, 15) is 4.79 Å². The number of carbonyl (C=O) groups is 1. The smallest absolute Gasteiger partial charge is 0.234 e. The summed E-state index contributed by atoms with van der Waals surface area (Å²) in [5.41, 5.74) is 1.18. The van der Waals surface area contributed by atoms with Crippen LogP contribution in [0.2, 0.25) is 5.02 Å². The molecule has 0 radical (unpaired) electrons. The molecule has 2 N–H and O–H groups in total. The highest BCUT2D eigenvalue weighted by atomic mass is 35.5. The number of nitrogens with one attached hydrogen (secondary N) is 2. The van der Waals surface area contributed by atoms with Crippen molar-refractivity contribution < 1.29 is 4.79 Å². The zero-order valence-electron chi connectivity index (χ0n) is 16.1. The lowest BCUT2D eigenvalue weighted by Gasteiger charge is -2.37. The van der Waals surface area contributed by atoms with Crippen LogP contribution in [0.15, 0.2) is 24.3 Å². The lowest BCUT2D eigenvalue weighted by Crippen LogP contribution is -2.52. The lowest BCUT2D eigenvalue weighted by atomic mass is 10.0. The molecule has 1 atom stereocenters. The molecule has 0 spiro atoms. The Bertz CT molecular complexity index is 636. The average Bonchev–Trinajstić information content (AvgIpc) is 3.48. The van der Waals surface area contributed by atoms with Crippen LogP contribution in [0, 0.1) is 0 Å². The number of piperidine rings is 1. The quantitative estimate of drug-likeness (QED) is 0.726. The van der Waals surface area contributed by atoms with Crippen molar-refractivity contribution in [3.8, 4) is 0 Å². The van der Waals surface area contributed by atoms with E-state index in [2.05, 4.69) is 26.5 Å². The number of hydrogen-bond donors (Lipinski definition) is 2. The van der Waals surface area contributed by atoms with Crippen LogP contribution in [0.4, 0.5) is 0 Å². The number of halogens is 3. The Hall–Kier alpha value is -0.560. The van der Waals surface area contributed by atoms with Gasteiger partial charge in [0.2, 0.25) is 5.91 Å². The molecule has 1 saturated carbocycles. The van der Waals surface area contributed by atoms with E-state index in [4.69, 9.17) is 11.6 Å². The summed E-state index contributed by atoms with van der Waals surface area (Å²) in [7, 11) is 0. The summed E-state index contributed by atoms with van der Waals surface area (Å²) in [6.45, 7) is 5.38. The second-order valence-electron chi connectivity index (χ2n) is 7.85. The number of carbonyl (C=O) groups excluding carboxylic acids is 1. The molecule has 2 aliphatic heterocycles. The number of nitrogens with zero attached hydrogens (tertiary/aromatic N) is 2.